The first-order chi connectivity index (χ1) is 31.6. The Bertz CT molecular complexity index is 2400. The van der Waals surface area contributed by atoms with Crippen molar-refractivity contribution in [3.05, 3.63) is 83.8 Å². The second-order valence-corrected chi connectivity index (χ2v) is 17.0. The number of aromatic nitrogens is 4. The zero-order chi connectivity index (χ0) is 47.5. The van der Waals surface area contributed by atoms with Crippen LogP contribution in [0.25, 0.3) is 10.9 Å². The number of amides is 8. The number of hydrogen-bond acceptors (Lipinski definition) is 11. The maximum Gasteiger partial charge on any atom is 0.246 e. The first-order valence-electron chi connectivity index (χ1n) is 22.2. The molecule has 12 N–H and O–H groups in total. The van der Waals surface area contributed by atoms with Crippen LogP contribution >= 0.6 is 0 Å². The summed E-state index contributed by atoms with van der Waals surface area (Å²) < 4.78 is 1.60. The molecule has 2 aliphatic heterocycles. The lowest BCUT2D eigenvalue weighted by Gasteiger charge is -2.33. The van der Waals surface area contributed by atoms with Crippen molar-refractivity contribution < 1.29 is 38.4 Å². The Kier molecular flexibility index (Phi) is 16.2. The predicted octanol–water partition coefficient (Wildman–Crippen LogP) is -1.10. The molecule has 2 aromatic carbocycles. The standard InChI is InChI=1S/C45H59N13O8/c1-3-25(2)39-45(66)57-24-29(58-23-28(55-56-58)14-13-26-9-5-4-6-10-26)20-36(57)44(65)53-34(19-27-22-50-32-12-8-7-11-30(27)32)42(63)51-33(40(48)61)17-18-49-38(60)16-15-31(46)41(62)52-35(21-37(47)59)43(64)54-39/h4-12,22-23,25,29,31,33-36,39,50H,3,13-21,24,46H2,1-2H3,(H2,47,59)(H2,48,61)(H,49,60)(H,51,63)(H,52,62)(H,53,65)(H,54,64)/t25?,29-,31-,33-,34-,35-,36-,39-/m0/s1. The normalized spacial score (nSPS) is 24.7. The summed E-state index contributed by atoms with van der Waals surface area (Å²) in [7, 11) is 0. The molecule has 0 radical (unpaired) electrons. The molecule has 2 aliphatic rings. The zero-order valence-corrected chi connectivity index (χ0v) is 37.0. The van der Waals surface area contributed by atoms with Crippen molar-refractivity contribution in [3.8, 4) is 0 Å². The highest BCUT2D eigenvalue weighted by Gasteiger charge is 2.45. The fourth-order valence-electron chi connectivity index (χ4n) is 8.24. The van der Waals surface area contributed by atoms with Crippen LogP contribution in [0.4, 0.5) is 0 Å². The second-order valence-electron chi connectivity index (χ2n) is 17.0. The van der Waals surface area contributed by atoms with Gasteiger partial charge in [-0.3, -0.25) is 38.4 Å². The minimum atomic E-state index is -1.54. The molecule has 0 bridgehead atoms. The Labute approximate surface area is 381 Å². The van der Waals surface area contributed by atoms with Crippen molar-refractivity contribution in [2.45, 2.75) is 114 Å². The Hall–Kier alpha value is -7.16. The van der Waals surface area contributed by atoms with Gasteiger partial charge in [0.05, 0.1) is 24.2 Å². The number of rotatable bonds is 11. The quantitative estimate of drug-likeness (QED) is 0.0870. The lowest BCUT2D eigenvalue weighted by atomic mass is 9.96. The third-order valence-corrected chi connectivity index (χ3v) is 12.3. The number of carbonyl (C=O) groups is 8. The maximum atomic E-state index is 15.0. The molecule has 2 fully saturated rings. The number of para-hydroxylation sites is 1. The van der Waals surface area contributed by atoms with Crippen LogP contribution < -0.4 is 43.8 Å². The van der Waals surface area contributed by atoms with E-state index < -0.39 is 102 Å². The maximum absolute atomic E-state index is 15.0. The van der Waals surface area contributed by atoms with Gasteiger partial charge in [0.2, 0.25) is 47.3 Å². The summed E-state index contributed by atoms with van der Waals surface area (Å²) in [5, 5.41) is 22.8. The van der Waals surface area contributed by atoms with E-state index in [4.69, 9.17) is 17.2 Å². The van der Waals surface area contributed by atoms with Gasteiger partial charge >= 0.3 is 0 Å². The van der Waals surface area contributed by atoms with Gasteiger partial charge in [-0.25, -0.2) is 4.68 Å². The van der Waals surface area contributed by atoms with Crippen LogP contribution in [0, 0.1) is 5.92 Å². The number of benzene rings is 2. The van der Waals surface area contributed by atoms with Gasteiger partial charge in [0.1, 0.15) is 30.2 Å². The van der Waals surface area contributed by atoms with Crippen molar-refractivity contribution in [1.29, 1.82) is 0 Å². The first-order valence-corrected chi connectivity index (χ1v) is 22.2. The minimum absolute atomic E-state index is 0.0313. The minimum Gasteiger partial charge on any atom is -0.370 e. The molecule has 6 rings (SSSR count). The van der Waals surface area contributed by atoms with Crippen molar-refractivity contribution in [2.75, 3.05) is 13.1 Å². The van der Waals surface area contributed by atoms with Crippen LogP contribution in [0.1, 0.15) is 75.2 Å². The van der Waals surface area contributed by atoms with E-state index in [9.17, 15) is 38.4 Å². The molecule has 66 heavy (non-hydrogen) atoms. The molecule has 2 saturated heterocycles. The fraction of sp³-hybridized carbons (Fsp3) is 0.467. The Morgan fingerprint density at radius 3 is 2.29 bits per heavy atom. The molecule has 8 atom stereocenters. The second kappa shape index (κ2) is 22.2. The molecule has 4 aromatic rings. The molecule has 1 unspecified atom stereocenters. The topological polar surface area (TPSA) is 325 Å². The highest BCUT2D eigenvalue weighted by Crippen LogP contribution is 2.30. The summed E-state index contributed by atoms with van der Waals surface area (Å²) in [5.41, 5.74) is 20.6. The van der Waals surface area contributed by atoms with Crippen LogP contribution in [0.15, 0.2) is 67.0 Å². The molecule has 8 amide bonds. The molecule has 2 aromatic heterocycles. The number of nitrogens with two attached hydrogens (primary N) is 3. The molecule has 0 aliphatic carbocycles. The number of fused-ring (bicyclic) bond motifs is 2. The van der Waals surface area contributed by atoms with Gasteiger partial charge in [0.25, 0.3) is 0 Å². The summed E-state index contributed by atoms with van der Waals surface area (Å²) in [5.74, 6) is -6.75. The lowest BCUT2D eigenvalue weighted by molar-refractivity contribution is -0.143. The van der Waals surface area contributed by atoms with Crippen molar-refractivity contribution in [3.63, 3.8) is 0 Å². The number of nitrogens with one attached hydrogen (secondary N) is 6. The number of primary amides is 2. The van der Waals surface area contributed by atoms with E-state index in [0.717, 1.165) is 16.5 Å². The molecular weight excluding hydrogens is 851 g/mol. The van der Waals surface area contributed by atoms with Crippen molar-refractivity contribution >= 4 is 58.2 Å². The molecule has 352 valence electrons. The van der Waals surface area contributed by atoms with Crippen LogP contribution in [-0.2, 0) is 57.6 Å². The molecule has 0 spiro atoms. The van der Waals surface area contributed by atoms with Crippen LogP contribution in [0.3, 0.4) is 0 Å². The van der Waals surface area contributed by atoms with Gasteiger partial charge in [-0.15, -0.1) is 5.10 Å². The summed E-state index contributed by atoms with van der Waals surface area (Å²) in [6.07, 6.45) is 3.97. The van der Waals surface area contributed by atoms with E-state index >= 15 is 0 Å². The molecule has 21 heteroatoms. The number of nitrogens with zero attached hydrogens (tertiary/aromatic N) is 4. The number of H-pyrrole nitrogens is 1. The van der Waals surface area contributed by atoms with E-state index in [1.54, 1.807) is 30.9 Å². The van der Waals surface area contributed by atoms with E-state index in [1.807, 2.05) is 54.6 Å². The number of hydrogen-bond donors (Lipinski definition) is 9. The van der Waals surface area contributed by atoms with Crippen molar-refractivity contribution in [2.24, 2.45) is 23.1 Å². The molecule has 0 saturated carbocycles. The van der Waals surface area contributed by atoms with Gasteiger partial charge in [0.15, 0.2) is 0 Å². The average Bonchev–Trinajstić information content (AvgIpc) is 4.07. The van der Waals surface area contributed by atoms with E-state index in [1.165, 1.54) is 4.90 Å². The summed E-state index contributed by atoms with van der Waals surface area (Å²) in [6, 6.07) is 8.75. The lowest BCUT2D eigenvalue weighted by Crippen LogP contribution is -2.61. The van der Waals surface area contributed by atoms with E-state index in [0.29, 0.717) is 30.5 Å². The zero-order valence-electron chi connectivity index (χ0n) is 37.0. The number of carbonyl (C=O) groups excluding carboxylic acids is 8. The highest BCUT2D eigenvalue weighted by molar-refractivity contribution is 5.98. The Morgan fingerprint density at radius 2 is 1.56 bits per heavy atom. The van der Waals surface area contributed by atoms with Gasteiger partial charge in [-0.1, -0.05) is 74.0 Å². The van der Waals surface area contributed by atoms with Crippen molar-refractivity contribution in [1.82, 2.24) is 51.5 Å². The molecule has 4 heterocycles. The van der Waals surface area contributed by atoms with Gasteiger partial charge in [-0.2, -0.15) is 0 Å². The van der Waals surface area contributed by atoms with Gasteiger partial charge < -0.3 is 53.7 Å². The van der Waals surface area contributed by atoms with Gasteiger partial charge in [0, 0.05) is 55.6 Å². The monoisotopic (exact) mass is 909 g/mol. The molecule has 21 nitrogen and oxygen atoms in total. The van der Waals surface area contributed by atoms with Crippen LogP contribution in [0.5, 0.6) is 0 Å². The summed E-state index contributed by atoms with van der Waals surface area (Å²) in [6.45, 7) is 3.38. The first kappa shape index (κ1) is 48.3. The highest BCUT2D eigenvalue weighted by atomic mass is 16.2. The van der Waals surface area contributed by atoms with Gasteiger partial charge in [-0.05, 0) is 48.8 Å². The van der Waals surface area contributed by atoms with E-state index in [2.05, 4.69) is 41.9 Å². The van der Waals surface area contributed by atoms with Crippen LogP contribution in [0.2, 0.25) is 0 Å². The largest absolute Gasteiger partial charge is 0.370 e. The third-order valence-electron chi connectivity index (χ3n) is 12.3. The smallest absolute Gasteiger partial charge is 0.246 e. The fourth-order valence-corrected chi connectivity index (χ4v) is 8.24. The van der Waals surface area contributed by atoms with E-state index in [-0.39, 0.29) is 45.2 Å². The summed E-state index contributed by atoms with van der Waals surface area (Å²) >= 11 is 0. The third kappa shape index (κ3) is 12.3. The predicted molar refractivity (Wildman–Crippen MR) is 240 cm³/mol. The number of aromatic amines is 1. The van der Waals surface area contributed by atoms with Crippen LogP contribution in [-0.4, -0.2) is 121 Å². The number of aryl methyl sites for hydroxylation is 2. The SMILES string of the molecule is CCC(C)[C@@H]1NC(=O)[C@H](CC(N)=O)NC(=O)[C@@H](N)CCC(=O)NCC[C@@H](C(N)=O)NC(=O)[C@H](Cc2c[nH]c3ccccc23)NC(=O)[C@@H]2C[C@H](n3cc(CCc4ccccc4)nn3)CN2C1=O. The average molecular weight is 910 g/mol. The molecular formula is C45H59N13O8. The summed E-state index contributed by atoms with van der Waals surface area (Å²) in [4.78, 5) is 113. The Morgan fingerprint density at radius 1 is 0.848 bits per heavy atom. The Balaban J connectivity index is 1.37.